The number of aromatic nitrogens is 3. The number of aryl methyl sites for hydroxylation is 2. The summed E-state index contributed by atoms with van der Waals surface area (Å²) in [6.45, 7) is 4.04. The molecule has 98 valence electrons. The molecule has 0 spiro atoms. The normalized spacial score (nSPS) is 10.4. The highest BCUT2D eigenvalue weighted by Gasteiger charge is 2.18. The quantitative estimate of drug-likeness (QED) is 0.713. The molecule has 0 N–H and O–H groups in total. The molecule has 20 heavy (non-hydrogen) atoms. The number of rotatable bonds is 2. The smallest absolute Gasteiger partial charge is 0.194 e. The second kappa shape index (κ2) is 4.67. The number of furan rings is 1. The van der Waals surface area contributed by atoms with E-state index in [4.69, 9.17) is 4.42 Å². The van der Waals surface area contributed by atoms with Gasteiger partial charge >= 0.3 is 0 Å². The molecule has 0 saturated heterocycles. The fraction of sp³-hybridized carbons (Fsp3) is 0.133. The van der Waals surface area contributed by atoms with E-state index < -0.39 is 0 Å². The lowest BCUT2D eigenvalue weighted by Crippen LogP contribution is -2.00. The minimum absolute atomic E-state index is 0.249. The van der Waals surface area contributed by atoms with E-state index in [1.165, 1.54) is 0 Å². The fourth-order valence-electron chi connectivity index (χ4n) is 2.25. The van der Waals surface area contributed by atoms with Crippen molar-refractivity contribution in [3.63, 3.8) is 0 Å². The molecule has 0 saturated carbocycles. The summed E-state index contributed by atoms with van der Waals surface area (Å²) < 4.78 is 7.03. The van der Waals surface area contributed by atoms with Gasteiger partial charge in [-0.15, -0.1) is 5.10 Å². The van der Waals surface area contributed by atoms with Gasteiger partial charge in [0.1, 0.15) is 11.8 Å². The Hall–Kier alpha value is -2.87. The van der Waals surface area contributed by atoms with Gasteiger partial charge < -0.3 is 4.42 Å². The molecule has 2 aromatic heterocycles. The van der Waals surface area contributed by atoms with Gasteiger partial charge in [-0.3, -0.25) is 0 Å². The average molecular weight is 264 g/mol. The zero-order valence-electron chi connectivity index (χ0n) is 11.2. The van der Waals surface area contributed by atoms with E-state index in [0.717, 1.165) is 16.8 Å². The summed E-state index contributed by atoms with van der Waals surface area (Å²) in [5.74, 6) is 0.575. The molecule has 0 amide bonds. The van der Waals surface area contributed by atoms with Gasteiger partial charge in [0.2, 0.25) is 0 Å². The Morgan fingerprint density at radius 3 is 2.55 bits per heavy atom. The number of nitriles is 1. The Balaban J connectivity index is 2.25. The first kappa shape index (κ1) is 12.2. The van der Waals surface area contributed by atoms with Crippen molar-refractivity contribution in [3.8, 4) is 23.2 Å². The van der Waals surface area contributed by atoms with Gasteiger partial charge in [0.05, 0.1) is 12.0 Å². The minimum Gasteiger partial charge on any atom is -0.463 e. The summed E-state index contributed by atoms with van der Waals surface area (Å²) in [5, 5.41) is 17.2. The Morgan fingerprint density at radius 1 is 1.20 bits per heavy atom. The highest BCUT2D eigenvalue weighted by Crippen LogP contribution is 2.26. The third-order valence-corrected chi connectivity index (χ3v) is 2.98. The van der Waals surface area contributed by atoms with Crippen molar-refractivity contribution in [1.29, 1.82) is 5.26 Å². The van der Waals surface area contributed by atoms with Crippen LogP contribution in [0.4, 0.5) is 0 Å². The Bertz CT molecular complexity index is 774. The zero-order valence-corrected chi connectivity index (χ0v) is 11.2. The highest BCUT2D eigenvalue weighted by molar-refractivity contribution is 5.62. The molecular formula is C15H12N4O. The van der Waals surface area contributed by atoms with Crippen LogP contribution in [0.15, 0.2) is 41.0 Å². The first-order valence-corrected chi connectivity index (χ1v) is 6.17. The molecule has 2 heterocycles. The summed E-state index contributed by atoms with van der Waals surface area (Å²) in [5.41, 5.74) is 3.93. The molecule has 3 rings (SSSR count). The van der Waals surface area contributed by atoms with Crippen LogP contribution < -0.4 is 0 Å². The van der Waals surface area contributed by atoms with Crippen LogP contribution in [0, 0.1) is 25.2 Å². The van der Waals surface area contributed by atoms with Gasteiger partial charge in [0, 0.05) is 0 Å². The molecule has 0 radical (unpaired) electrons. The molecule has 0 aliphatic heterocycles. The summed E-state index contributed by atoms with van der Waals surface area (Å²) in [4.78, 5) is 0. The van der Waals surface area contributed by atoms with Crippen LogP contribution in [0.3, 0.4) is 0 Å². The molecule has 0 atom stereocenters. The summed E-state index contributed by atoms with van der Waals surface area (Å²) in [6, 6.07) is 11.7. The third kappa shape index (κ3) is 1.97. The van der Waals surface area contributed by atoms with Crippen molar-refractivity contribution >= 4 is 0 Å². The van der Waals surface area contributed by atoms with Crippen molar-refractivity contribution in [1.82, 2.24) is 15.0 Å². The van der Waals surface area contributed by atoms with Crippen molar-refractivity contribution in [3.05, 3.63) is 53.4 Å². The van der Waals surface area contributed by atoms with Crippen molar-refractivity contribution in [2.24, 2.45) is 0 Å². The van der Waals surface area contributed by atoms with E-state index in [1.807, 2.05) is 32.0 Å². The van der Waals surface area contributed by atoms with Gasteiger partial charge in [-0.2, -0.15) is 5.26 Å². The predicted octanol–water partition coefficient (Wildman–Crippen LogP) is 3.02. The molecular weight excluding hydrogens is 252 g/mol. The number of benzene rings is 1. The largest absolute Gasteiger partial charge is 0.463 e. The molecule has 0 unspecified atom stereocenters. The highest BCUT2D eigenvalue weighted by atomic mass is 16.3. The van der Waals surface area contributed by atoms with Crippen LogP contribution in [0.2, 0.25) is 0 Å². The molecule has 3 aromatic rings. The first-order valence-electron chi connectivity index (χ1n) is 6.17. The first-order chi connectivity index (χ1) is 9.69. The van der Waals surface area contributed by atoms with Crippen LogP contribution in [0.1, 0.15) is 16.8 Å². The standard InChI is InChI=1S/C15H12N4O/c1-10-6-11(2)8-12(7-10)19-15(13(9-16)17-18-19)14-4-3-5-20-14/h3-8H,1-2H3. The molecule has 5 heteroatoms. The number of hydrogen-bond acceptors (Lipinski definition) is 4. The molecule has 0 fully saturated rings. The maximum Gasteiger partial charge on any atom is 0.194 e. The van der Waals surface area contributed by atoms with E-state index in [1.54, 1.807) is 23.1 Å². The second-order valence-corrected chi connectivity index (χ2v) is 4.63. The Labute approximate surface area is 116 Å². The van der Waals surface area contributed by atoms with Crippen LogP contribution in [-0.2, 0) is 0 Å². The van der Waals surface area contributed by atoms with E-state index in [9.17, 15) is 5.26 Å². The Kier molecular flexibility index (Phi) is 2.84. The lowest BCUT2D eigenvalue weighted by atomic mass is 10.1. The molecule has 5 nitrogen and oxygen atoms in total. The lowest BCUT2D eigenvalue weighted by molar-refractivity contribution is 0.576. The van der Waals surface area contributed by atoms with Gasteiger partial charge in [0.15, 0.2) is 11.5 Å². The summed E-state index contributed by atoms with van der Waals surface area (Å²) in [7, 11) is 0. The summed E-state index contributed by atoms with van der Waals surface area (Å²) in [6.07, 6.45) is 1.56. The van der Waals surface area contributed by atoms with Crippen molar-refractivity contribution in [2.45, 2.75) is 13.8 Å². The minimum atomic E-state index is 0.249. The number of hydrogen-bond donors (Lipinski definition) is 0. The molecule has 0 aliphatic rings. The van der Waals surface area contributed by atoms with E-state index >= 15 is 0 Å². The lowest BCUT2D eigenvalue weighted by Gasteiger charge is -2.07. The molecule has 0 bridgehead atoms. The maximum absolute atomic E-state index is 9.18. The van der Waals surface area contributed by atoms with Crippen LogP contribution in [0.25, 0.3) is 17.1 Å². The number of nitrogens with zero attached hydrogens (tertiary/aromatic N) is 4. The van der Waals surface area contributed by atoms with Crippen molar-refractivity contribution in [2.75, 3.05) is 0 Å². The van der Waals surface area contributed by atoms with Crippen LogP contribution in [0.5, 0.6) is 0 Å². The second-order valence-electron chi connectivity index (χ2n) is 4.63. The van der Waals surface area contributed by atoms with Crippen molar-refractivity contribution < 1.29 is 4.42 Å². The topological polar surface area (TPSA) is 67.6 Å². The van der Waals surface area contributed by atoms with E-state index in [2.05, 4.69) is 16.4 Å². The maximum atomic E-state index is 9.18. The Morgan fingerprint density at radius 2 is 1.95 bits per heavy atom. The zero-order chi connectivity index (χ0) is 14.1. The van der Waals surface area contributed by atoms with Gasteiger partial charge in [-0.25, -0.2) is 4.68 Å². The average Bonchev–Trinajstić information content (AvgIpc) is 3.06. The molecule has 1 aromatic carbocycles. The SMILES string of the molecule is Cc1cc(C)cc(-n2nnc(C#N)c2-c2ccco2)c1. The van der Waals surface area contributed by atoms with Crippen LogP contribution >= 0.6 is 0 Å². The van der Waals surface area contributed by atoms with Gasteiger partial charge in [-0.05, 0) is 49.2 Å². The molecule has 0 aliphatic carbocycles. The van der Waals surface area contributed by atoms with Gasteiger partial charge in [0.25, 0.3) is 0 Å². The fourth-order valence-corrected chi connectivity index (χ4v) is 2.25. The monoisotopic (exact) mass is 264 g/mol. The third-order valence-electron chi connectivity index (χ3n) is 2.98. The summed E-state index contributed by atoms with van der Waals surface area (Å²) >= 11 is 0. The van der Waals surface area contributed by atoms with E-state index in [-0.39, 0.29) is 5.69 Å². The predicted molar refractivity (Wildman–Crippen MR) is 73.3 cm³/mol. The van der Waals surface area contributed by atoms with E-state index in [0.29, 0.717) is 11.5 Å². The van der Waals surface area contributed by atoms with Crippen LogP contribution in [-0.4, -0.2) is 15.0 Å². The van der Waals surface area contributed by atoms with Gasteiger partial charge in [-0.1, -0.05) is 11.3 Å².